The van der Waals surface area contributed by atoms with Crippen LogP contribution in [0.15, 0.2) is 24.3 Å². The molecule has 0 unspecified atom stereocenters. The van der Waals surface area contributed by atoms with E-state index in [1.807, 2.05) is 24.3 Å². The van der Waals surface area contributed by atoms with Crippen molar-refractivity contribution in [3.8, 4) is 5.75 Å². The predicted molar refractivity (Wildman–Crippen MR) is 90.3 cm³/mol. The molecule has 2 nitrogen and oxygen atoms in total. The number of nitrogens with zero attached hydrogens (tertiary/aromatic N) is 1. The van der Waals surface area contributed by atoms with E-state index in [1.54, 1.807) is 0 Å². The third-order valence-electron chi connectivity index (χ3n) is 4.15. The average Bonchev–Trinajstić information content (AvgIpc) is 2.77. The molecular weight excluding hydrogens is 282 g/mol. The summed E-state index contributed by atoms with van der Waals surface area (Å²) in [6, 6.07) is 7.61. The molecule has 0 amide bonds. The Morgan fingerprint density at radius 2 is 1.52 bits per heavy atom. The van der Waals surface area contributed by atoms with E-state index in [-0.39, 0.29) is 0 Å². The maximum absolute atomic E-state index is 5.84. The number of halogens is 1. The lowest BCUT2D eigenvalue weighted by atomic mass is 10.2. The van der Waals surface area contributed by atoms with Crippen LogP contribution < -0.4 is 4.74 Å². The highest BCUT2D eigenvalue weighted by Crippen LogP contribution is 2.16. The lowest BCUT2D eigenvalue weighted by Gasteiger charge is -2.19. The summed E-state index contributed by atoms with van der Waals surface area (Å²) in [7, 11) is 0. The molecule has 118 valence electrons. The standard InChI is InChI=1S/C18H28ClNO/c19-17-9-11-18(12-10-17)21-16-8-4-3-7-15-20-13-5-1-2-6-14-20/h9-12H,1-8,13-16H2. The van der Waals surface area contributed by atoms with Crippen molar-refractivity contribution in [1.82, 2.24) is 4.90 Å². The lowest BCUT2D eigenvalue weighted by molar-refractivity contribution is 0.272. The molecule has 1 aromatic carbocycles. The fourth-order valence-corrected chi connectivity index (χ4v) is 3.00. The van der Waals surface area contributed by atoms with Gasteiger partial charge in [0.05, 0.1) is 6.61 Å². The molecule has 2 rings (SSSR count). The van der Waals surface area contributed by atoms with Gasteiger partial charge in [-0.1, -0.05) is 37.3 Å². The Kier molecular flexibility index (Phi) is 7.98. The Hall–Kier alpha value is -0.730. The van der Waals surface area contributed by atoms with E-state index in [0.717, 1.165) is 23.8 Å². The molecule has 21 heavy (non-hydrogen) atoms. The van der Waals surface area contributed by atoms with E-state index in [4.69, 9.17) is 16.3 Å². The van der Waals surface area contributed by atoms with Crippen molar-refractivity contribution in [2.45, 2.75) is 51.4 Å². The first-order valence-electron chi connectivity index (χ1n) is 8.45. The highest BCUT2D eigenvalue weighted by molar-refractivity contribution is 6.30. The number of ether oxygens (including phenoxy) is 1. The quantitative estimate of drug-likeness (QED) is 0.615. The number of benzene rings is 1. The largest absolute Gasteiger partial charge is 0.494 e. The topological polar surface area (TPSA) is 12.5 Å². The maximum Gasteiger partial charge on any atom is 0.119 e. The molecule has 1 heterocycles. The highest BCUT2D eigenvalue weighted by Gasteiger charge is 2.07. The lowest BCUT2D eigenvalue weighted by Crippen LogP contribution is -2.25. The minimum atomic E-state index is 0.760. The first-order valence-corrected chi connectivity index (χ1v) is 8.83. The van der Waals surface area contributed by atoms with Crippen LogP contribution in [0.2, 0.25) is 5.02 Å². The zero-order valence-corrected chi connectivity index (χ0v) is 13.8. The average molecular weight is 310 g/mol. The normalized spacial score (nSPS) is 16.6. The van der Waals surface area contributed by atoms with E-state index in [0.29, 0.717) is 0 Å². The Labute approximate surface area is 134 Å². The second kappa shape index (κ2) is 10.1. The Morgan fingerprint density at radius 3 is 2.24 bits per heavy atom. The summed E-state index contributed by atoms with van der Waals surface area (Å²) in [6.07, 6.45) is 10.7. The monoisotopic (exact) mass is 309 g/mol. The summed E-state index contributed by atoms with van der Waals surface area (Å²) < 4.78 is 5.70. The van der Waals surface area contributed by atoms with Crippen LogP contribution in [0, 0.1) is 0 Å². The molecule has 0 saturated carbocycles. The van der Waals surface area contributed by atoms with Crippen LogP contribution >= 0.6 is 11.6 Å². The molecule has 1 aromatic rings. The van der Waals surface area contributed by atoms with Crippen LogP contribution in [0.1, 0.15) is 51.4 Å². The number of likely N-dealkylation sites (tertiary alicyclic amines) is 1. The molecule has 0 radical (unpaired) electrons. The fourth-order valence-electron chi connectivity index (χ4n) is 2.87. The van der Waals surface area contributed by atoms with Crippen molar-refractivity contribution in [1.29, 1.82) is 0 Å². The van der Waals surface area contributed by atoms with Crippen LogP contribution in [0.5, 0.6) is 5.75 Å². The van der Waals surface area contributed by atoms with Crippen LogP contribution in [0.4, 0.5) is 0 Å². The van der Waals surface area contributed by atoms with Gasteiger partial charge in [-0.3, -0.25) is 0 Å². The van der Waals surface area contributed by atoms with Crippen molar-refractivity contribution in [2.75, 3.05) is 26.2 Å². The van der Waals surface area contributed by atoms with Crippen molar-refractivity contribution in [2.24, 2.45) is 0 Å². The first kappa shape index (κ1) is 16.6. The highest BCUT2D eigenvalue weighted by atomic mass is 35.5. The van der Waals surface area contributed by atoms with Crippen molar-refractivity contribution >= 4 is 11.6 Å². The van der Waals surface area contributed by atoms with Crippen LogP contribution in [0.3, 0.4) is 0 Å². The minimum Gasteiger partial charge on any atom is -0.494 e. The third-order valence-corrected chi connectivity index (χ3v) is 4.40. The SMILES string of the molecule is Clc1ccc(OCCCCCCN2CCCCCC2)cc1. The molecule has 1 aliphatic heterocycles. The molecule has 3 heteroatoms. The summed E-state index contributed by atoms with van der Waals surface area (Å²) >= 11 is 5.84. The van der Waals surface area contributed by atoms with Gasteiger partial charge >= 0.3 is 0 Å². The van der Waals surface area contributed by atoms with Gasteiger partial charge in [-0.25, -0.2) is 0 Å². The van der Waals surface area contributed by atoms with Gasteiger partial charge in [-0.15, -0.1) is 0 Å². The summed E-state index contributed by atoms with van der Waals surface area (Å²) in [4.78, 5) is 2.65. The number of hydrogen-bond donors (Lipinski definition) is 0. The smallest absolute Gasteiger partial charge is 0.119 e. The van der Waals surface area contributed by atoms with Gasteiger partial charge in [-0.2, -0.15) is 0 Å². The summed E-state index contributed by atoms with van der Waals surface area (Å²) in [5.74, 6) is 0.920. The van der Waals surface area contributed by atoms with Crippen LogP contribution in [0.25, 0.3) is 0 Å². The van der Waals surface area contributed by atoms with Gasteiger partial charge in [-0.05, 0) is 69.6 Å². The number of hydrogen-bond acceptors (Lipinski definition) is 2. The van der Waals surface area contributed by atoms with E-state index in [1.165, 1.54) is 64.6 Å². The zero-order chi connectivity index (χ0) is 14.8. The molecule has 0 atom stereocenters. The van der Waals surface area contributed by atoms with Crippen molar-refractivity contribution < 1.29 is 4.74 Å². The molecule has 1 aliphatic rings. The van der Waals surface area contributed by atoms with Crippen LogP contribution in [-0.2, 0) is 0 Å². The molecule has 0 bridgehead atoms. The minimum absolute atomic E-state index is 0.760. The number of unbranched alkanes of at least 4 members (excludes halogenated alkanes) is 3. The Bertz CT molecular complexity index is 371. The van der Waals surface area contributed by atoms with Gasteiger partial charge in [0.15, 0.2) is 0 Å². The van der Waals surface area contributed by atoms with Crippen molar-refractivity contribution in [3.05, 3.63) is 29.3 Å². The van der Waals surface area contributed by atoms with E-state index in [2.05, 4.69) is 4.90 Å². The van der Waals surface area contributed by atoms with E-state index in [9.17, 15) is 0 Å². The van der Waals surface area contributed by atoms with Gasteiger partial charge in [0, 0.05) is 5.02 Å². The van der Waals surface area contributed by atoms with Gasteiger partial charge in [0.2, 0.25) is 0 Å². The zero-order valence-electron chi connectivity index (χ0n) is 13.0. The summed E-state index contributed by atoms with van der Waals surface area (Å²) in [5, 5.41) is 0.760. The fraction of sp³-hybridized carbons (Fsp3) is 0.667. The molecule has 0 aromatic heterocycles. The van der Waals surface area contributed by atoms with E-state index < -0.39 is 0 Å². The second-order valence-corrected chi connectivity index (χ2v) is 6.41. The molecular formula is C18H28ClNO. The van der Waals surface area contributed by atoms with Crippen LogP contribution in [-0.4, -0.2) is 31.1 Å². The molecule has 0 N–H and O–H groups in total. The molecule has 0 spiro atoms. The molecule has 0 aliphatic carbocycles. The summed E-state index contributed by atoms with van der Waals surface area (Å²) in [5.41, 5.74) is 0. The second-order valence-electron chi connectivity index (χ2n) is 5.97. The Balaban J connectivity index is 1.45. The molecule has 1 saturated heterocycles. The third kappa shape index (κ3) is 7.19. The predicted octanol–water partition coefficient (Wildman–Crippen LogP) is 5.16. The van der Waals surface area contributed by atoms with Crippen molar-refractivity contribution in [3.63, 3.8) is 0 Å². The van der Waals surface area contributed by atoms with Gasteiger partial charge in [0.1, 0.15) is 5.75 Å². The molecule has 1 fully saturated rings. The number of rotatable bonds is 8. The van der Waals surface area contributed by atoms with E-state index >= 15 is 0 Å². The summed E-state index contributed by atoms with van der Waals surface area (Å²) in [6.45, 7) is 4.74. The van der Waals surface area contributed by atoms with Gasteiger partial charge < -0.3 is 9.64 Å². The van der Waals surface area contributed by atoms with Gasteiger partial charge in [0.25, 0.3) is 0 Å². The first-order chi connectivity index (χ1) is 10.3. The maximum atomic E-state index is 5.84. The Morgan fingerprint density at radius 1 is 0.857 bits per heavy atom.